The Balaban J connectivity index is 2.23. The molecule has 0 aliphatic carbocycles. The molecule has 136 valence electrons. The molecule has 1 atom stereocenters. The molecule has 0 saturated heterocycles. The Kier molecular flexibility index (Phi) is 5.32. The highest BCUT2D eigenvalue weighted by molar-refractivity contribution is 5.99. The fourth-order valence-corrected chi connectivity index (χ4v) is 2.10. The molecule has 0 spiro atoms. The molecule has 6 nitrogen and oxygen atoms in total. The number of nitrogens with zero attached hydrogens (tertiary/aromatic N) is 2. The number of carbonyl (C=O) groups excluding carboxylic acids is 1. The van der Waals surface area contributed by atoms with E-state index in [4.69, 9.17) is 4.52 Å². The van der Waals surface area contributed by atoms with Crippen molar-refractivity contribution in [3.63, 3.8) is 0 Å². The summed E-state index contributed by atoms with van der Waals surface area (Å²) in [5.74, 6) is 0.613. The molecule has 0 radical (unpaired) electrons. The number of carbonyl (C=O) groups is 1. The topological polar surface area (TPSA) is 88.2 Å². The lowest BCUT2D eigenvalue weighted by atomic mass is 9.89. The third kappa shape index (κ3) is 4.66. The summed E-state index contributed by atoms with van der Waals surface area (Å²) in [6.07, 6.45) is -0.639. The van der Waals surface area contributed by atoms with Crippen molar-refractivity contribution >= 4 is 5.91 Å². The van der Waals surface area contributed by atoms with Crippen molar-refractivity contribution in [3.05, 3.63) is 35.7 Å². The third-order valence-electron chi connectivity index (χ3n) is 3.95. The minimum atomic E-state index is -0.639. The average Bonchev–Trinajstić information content (AvgIpc) is 3.01. The van der Waals surface area contributed by atoms with Crippen molar-refractivity contribution in [2.75, 3.05) is 6.54 Å². The highest BCUT2D eigenvalue weighted by Crippen LogP contribution is 2.26. The predicted octanol–water partition coefficient (Wildman–Crippen LogP) is 3.17. The van der Waals surface area contributed by atoms with Gasteiger partial charge in [0.2, 0.25) is 0 Å². The van der Waals surface area contributed by atoms with Crippen LogP contribution in [0.15, 0.2) is 28.8 Å². The first kappa shape index (κ1) is 19.1. The number of aromatic nitrogens is 2. The van der Waals surface area contributed by atoms with Crippen LogP contribution in [0, 0.1) is 5.41 Å². The maximum absolute atomic E-state index is 12.6. The number of hydrogen-bond acceptors (Lipinski definition) is 5. The number of benzene rings is 1. The van der Waals surface area contributed by atoms with Crippen molar-refractivity contribution in [2.45, 2.75) is 53.1 Å². The van der Waals surface area contributed by atoms with Gasteiger partial charge in [0.1, 0.15) is 0 Å². The van der Waals surface area contributed by atoms with E-state index in [1.807, 2.05) is 47.6 Å². The largest absolute Gasteiger partial charge is 0.391 e. The van der Waals surface area contributed by atoms with Crippen LogP contribution in [0.4, 0.5) is 0 Å². The van der Waals surface area contributed by atoms with Crippen molar-refractivity contribution in [3.8, 4) is 11.5 Å². The van der Waals surface area contributed by atoms with E-state index < -0.39 is 6.10 Å². The quantitative estimate of drug-likeness (QED) is 0.888. The van der Waals surface area contributed by atoms with E-state index in [2.05, 4.69) is 15.5 Å². The monoisotopic (exact) mass is 345 g/mol. The minimum Gasteiger partial charge on any atom is -0.391 e. The highest BCUT2D eigenvalue weighted by Gasteiger charge is 2.25. The van der Waals surface area contributed by atoms with Crippen LogP contribution in [0.25, 0.3) is 11.5 Å². The van der Waals surface area contributed by atoms with Gasteiger partial charge < -0.3 is 14.9 Å². The minimum absolute atomic E-state index is 0.174. The van der Waals surface area contributed by atoms with Gasteiger partial charge in [-0.15, -0.1) is 0 Å². The molecule has 2 rings (SSSR count). The van der Waals surface area contributed by atoms with Gasteiger partial charge in [0.25, 0.3) is 11.8 Å². The third-order valence-corrected chi connectivity index (χ3v) is 3.95. The van der Waals surface area contributed by atoms with E-state index in [1.165, 1.54) is 0 Å². The van der Waals surface area contributed by atoms with Crippen LogP contribution in [0.5, 0.6) is 0 Å². The summed E-state index contributed by atoms with van der Waals surface area (Å²) in [5.41, 5.74) is 0.470. The van der Waals surface area contributed by atoms with Gasteiger partial charge in [-0.2, -0.15) is 4.98 Å². The van der Waals surface area contributed by atoms with Gasteiger partial charge in [0, 0.05) is 12.0 Å². The average molecular weight is 345 g/mol. The van der Waals surface area contributed by atoms with Gasteiger partial charge in [-0.25, -0.2) is 0 Å². The second-order valence-corrected chi connectivity index (χ2v) is 8.31. The van der Waals surface area contributed by atoms with Gasteiger partial charge in [-0.05, 0) is 17.5 Å². The molecule has 6 heteroatoms. The Morgan fingerprint density at radius 2 is 1.84 bits per heavy atom. The van der Waals surface area contributed by atoms with Crippen LogP contribution in [0.2, 0.25) is 0 Å². The van der Waals surface area contributed by atoms with Crippen LogP contribution in [-0.2, 0) is 5.41 Å². The zero-order valence-electron chi connectivity index (χ0n) is 15.8. The van der Waals surface area contributed by atoms with Crippen molar-refractivity contribution < 1.29 is 14.4 Å². The Bertz CT molecular complexity index is 739. The summed E-state index contributed by atoms with van der Waals surface area (Å²) in [7, 11) is 0. The second-order valence-electron chi connectivity index (χ2n) is 8.31. The molecule has 2 N–H and O–H groups in total. The zero-order chi connectivity index (χ0) is 18.8. The first-order valence-electron chi connectivity index (χ1n) is 8.40. The summed E-state index contributed by atoms with van der Waals surface area (Å²) in [6, 6.07) is 7.07. The van der Waals surface area contributed by atoms with E-state index in [0.717, 1.165) is 0 Å². The van der Waals surface area contributed by atoms with E-state index in [-0.39, 0.29) is 23.3 Å². The number of hydrogen-bond donors (Lipinski definition) is 2. The lowest BCUT2D eigenvalue weighted by Gasteiger charge is -2.26. The van der Waals surface area contributed by atoms with Crippen LogP contribution < -0.4 is 5.32 Å². The van der Waals surface area contributed by atoms with Crippen LogP contribution in [0.3, 0.4) is 0 Å². The normalized spacial score (nSPS) is 13.6. The van der Waals surface area contributed by atoms with Crippen LogP contribution in [-0.4, -0.2) is 33.8 Å². The number of nitrogens with one attached hydrogen (secondary N) is 1. The van der Waals surface area contributed by atoms with Gasteiger partial charge in [-0.3, -0.25) is 4.79 Å². The van der Waals surface area contributed by atoms with Gasteiger partial charge >= 0.3 is 0 Å². The Hall–Kier alpha value is -2.21. The van der Waals surface area contributed by atoms with E-state index in [9.17, 15) is 9.90 Å². The Morgan fingerprint density at radius 3 is 2.40 bits per heavy atom. The molecule has 1 amide bonds. The highest BCUT2D eigenvalue weighted by atomic mass is 16.5. The molecular weight excluding hydrogens is 318 g/mol. The van der Waals surface area contributed by atoms with Gasteiger partial charge in [0.05, 0.1) is 17.2 Å². The molecule has 1 unspecified atom stereocenters. The number of amides is 1. The molecule has 0 saturated carbocycles. The molecule has 0 aliphatic rings. The van der Waals surface area contributed by atoms with E-state index in [0.29, 0.717) is 22.8 Å². The smallest absolute Gasteiger partial charge is 0.258 e. The molecule has 0 fully saturated rings. The summed E-state index contributed by atoms with van der Waals surface area (Å²) in [5, 5.41) is 16.9. The number of aliphatic hydroxyl groups is 1. The first-order chi connectivity index (χ1) is 11.5. The molecular formula is C19H27N3O3. The molecule has 1 heterocycles. The molecule has 0 aliphatic heterocycles. The fourth-order valence-electron chi connectivity index (χ4n) is 2.10. The summed E-state index contributed by atoms with van der Waals surface area (Å²) in [4.78, 5) is 17.0. The SMILES string of the molecule is CC(C)(C)c1noc(-c2ccccc2C(=O)NCC(O)C(C)(C)C)n1. The van der Waals surface area contributed by atoms with Crippen LogP contribution >= 0.6 is 0 Å². The maximum Gasteiger partial charge on any atom is 0.258 e. The Morgan fingerprint density at radius 1 is 1.20 bits per heavy atom. The lowest BCUT2D eigenvalue weighted by Crippen LogP contribution is -2.39. The Labute approximate surface area is 148 Å². The molecule has 25 heavy (non-hydrogen) atoms. The van der Waals surface area contributed by atoms with Gasteiger partial charge in [-0.1, -0.05) is 58.8 Å². The zero-order valence-corrected chi connectivity index (χ0v) is 15.8. The second kappa shape index (κ2) is 6.96. The number of aliphatic hydroxyl groups excluding tert-OH is 1. The molecule has 1 aromatic carbocycles. The summed E-state index contributed by atoms with van der Waals surface area (Å²) < 4.78 is 5.36. The van der Waals surface area contributed by atoms with Crippen molar-refractivity contribution in [1.29, 1.82) is 0 Å². The maximum atomic E-state index is 12.6. The number of rotatable bonds is 4. The van der Waals surface area contributed by atoms with Crippen LogP contribution in [0.1, 0.15) is 57.7 Å². The van der Waals surface area contributed by atoms with Crippen molar-refractivity contribution in [1.82, 2.24) is 15.5 Å². The predicted molar refractivity (Wildman–Crippen MR) is 96.2 cm³/mol. The lowest BCUT2D eigenvalue weighted by molar-refractivity contribution is 0.0587. The van der Waals surface area contributed by atoms with Gasteiger partial charge in [0.15, 0.2) is 5.82 Å². The van der Waals surface area contributed by atoms with E-state index in [1.54, 1.807) is 18.2 Å². The first-order valence-corrected chi connectivity index (χ1v) is 8.40. The standard InChI is InChI=1S/C19H27N3O3/c1-18(2,3)14(23)11-20-15(24)12-9-7-8-10-13(12)16-21-17(22-25-16)19(4,5)6/h7-10,14,23H,11H2,1-6H3,(H,20,24). The summed E-state index contributed by atoms with van der Waals surface area (Å²) in [6.45, 7) is 11.9. The fraction of sp³-hybridized carbons (Fsp3) is 0.526. The van der Waals surface area contributed by atoms with Crippen molar-refractivity contribution in [2.24, 2.45) is 5.41 Å². The summed E-state index contributed by atoms with van der Waals surface area (Å²) >= 11 is 0. The van der Waals surface area contributed by atoms with E-state index >= 15 is 0 Å². The molecule has 2 aromatic rings. The molecule has 0 bridgehead atoms. The molecule has 1 aromatic heterocycles.